The molecule has 3 aromatic rings. The minimum atomic E-state index is -3.59. The molecule has 0 aliphatic carbocycles. The molecule has 1 unspecified atom stereocenters. The maximum absolute atomic E-state index is 13.1. The average molecular weight is 441 g/mol. The van der Waals surface area contributed by atoms with Crippen molar-refractivity contribution in [2.75, 3.05) is 11.9 Å². The summed E-state index contributed by atoms with van der Waals surface area (Å²) < 4.78 is 33.3. The lowest BCUT2D eigenvalue weighted by atomic mass is 10.0. The van der Waals surface area contributed by atoms with Crippen LogP contribution in [-0.4, -0.2) is 31.2 Å². The van der Waals surface area contributed by atoms with Crippen LogP contribution in [0.4, 0.5) is 5.69 Å². The van der Waals surface area contributed by atoms with E-state index in [1.54, 1.807) is 28.6 Å². The number of nitrogens with zero attached hydrogens (tertiary/aromatic N) is 1. The third kappa shape index (κ3) is 4.26. The summed E-state index contributed by atoms with van der Waals surface area (Å²) in [6, 6.07) is 13.9. The molecule has 1 amide bonds. The summed E-state index contributed by atoms with van der Waals surface area (Å²) in [7, 11) is -3.59. The number of piperidine rings is 1. The number of anilines is 1. The summed E-state index contributed by atoms with van der Waals surface area (Å²) in [4.78, 5) is 24.9. The van der Waals surface area contributed by atoms with E-state index in [-0.39, 0.29) is 22.1 Å². The molecule has 0 bridgehead atoms. The minimum Gasteiger partial charge on any atom is -0.451 e. The Labute approximate surface area is 180 Å². The van der Waals surface area contributed by atoms with Gasteiger partial charge in [0.2, 0.25) is 10.0 Å². The molecule has 1 fully saturated rings. The van der Waals surface area contributed by atoms with Gasteiger partial charge in [-0.1, -0.05) is 25.5 Å². The molecule has 162 valence electrons. The lowest BCUT2D eigenvalue weighted by Crippen LogP contribution is -2.43. The van der Waals surface area contributed by atoms with Crippen LogP contribution in [-0.2, 0) is 10.0 Å². The second-order valence-electron chi connectivity index (χ2n) is 7.62. The van der Waals surface area contributed by atoms with Crippen molar-refractivity contribution in [2.45, 2.75) is 43.5 Å². The van der Waals surface area contributed by atoms with Crippen molar-refractivity contribution in [1.29, 1.82) is 0 Å². The first-order chi connectivity index (χ1) is 14.9. The number of amides is 1. The van der Waals surface area contributed by atoms with E-state index in [1.165, 1.54) is 24.3 Å². The van der Waals surface area contributed by atoms with Gasteiger partial charge in [-0.05, 0) is 55.7 Å². The fourth-order valence-electron chi connectivity index (χ4n) is 3.95. The Hall–Kier alpha value is -2.97. The van der Waals surface area contributed by atoms with Gasteiger partial charge in [0.15, 0.2) is 11.2 Å². The van der Waals surface area contributed by atoms with Crippen LogP contribution in [0.25, 0.3) is 11.0 Å². The molecule has 1 aromatic heterocycles. The normalized spacial score (nSPS) is 17.5. The van der Waals surface area contributed by atoms with E-state index in [0.29, 0.717) is 23.2 Å². The number of nitrogens with one attached hydrogen (secondary N) is 1. The number of sulfonamides is 1. The summed E-state index contributed by atoms with van der Waals surface area (Å²) in [6.07, 6.45) is 3.56. The number of rotatable bonds is 5. The van der Waals surface area contributed by atoms with Crippen molar-refractivity contribution in [3.05, 3.63) is 70.6 Å². The molecule has 1 N–H and O–H groups in total. The van der Waals surface area contributed by atoms with Crippen LogP contribution in [0.15, 0.2) is 68.7 Å². The second-order valence-corrected chi connectivity index (χ2v) is 9.51. The molecule has 31 heavy (non-hydrogen) atoms. The van der Waals surface area contributed by atoms with Crippen molar-refractivity contribution < 1.29 is 17.6 Å². The molecule has 1 aliphatic heterocycles. The van der Waals surface area contributed by atoms with Gasteiger partial charge in [0.1, 0.15) is 5.58 Å². The zero-order chi connectivity index (χ0) is 22.0. The average Bonchev–Trinajstić information content (AvgIpc) is 2.79. The highest BCUT2D eigenvalue weighted by Crippen LogP contribution is 2.27. The van der Waals surface area contributed by atoms with Crippen LogP contribution in [0, 0.1) is 0 Å². The van der Waals surface area contributed by atoms with Gasteiger partial charge in [-0.2, -0.15) is 4.31 Å². The molecule has 0 saturated carbocycles. The monoisotopic (exact) mass is 440 g/mol. The molecule has 1 saturated heterocycles. The Morgan fingerprint density at radius 1 is 1.13 bits per heavy atom. The summed E-state index contributed by atoms with van der Waals surface area (Å²) >= 11 is 0. The lowest BCUT2D eigenvalue weighted by molar-refractivity contribution is 0.0997. The standard InChI is InChI=1S/C23H24N2O5S/c1-2-17-7-5-6-14-25(17)31(28,29)18-12-10-16(11-13-18)24-23(27)22-15-20(26)19-8-3-4-9-21(19)30-22/h3-4,8-13,15,17H,2,5-7,14H2,1H3,(H,24,27). The molecule has 7 nitrogen and oxygen atoms in total. The Balaban J connectivity index is 1.53. The Morgan fingerprint density at radius 3 is 2.61 bits per heavy atom. The molecule has 1 aliphatic rings. The highest BCUT2D eigenvalue weighted by atomic mass is 32.2. The number of hydrogen-bond donors (Lipinski definition) is 1. The summed E-state index contributed by atoms with van der Waals surface area (Å²) in [5.41, 5.74) is 0.430. The van der Waals surface area contributed by atoms with Gasteiger partial charge in [0.05, 0.1) is 10.3 Å². The molecule has 2 aromatic carbocycles. The number of hydrogen-bond acceptors (Lipinski definition) is 5. The maximum Gasteiger partial charge on any atom is 0.291 e. The van der Waals surface area contributed by atoms with Crippen LogP contribution >= 0.6 is 0 Å². The minimum absolute atomic E-state index is 0.0222. The Kier molecular flexibility index (Phi) is 5.93. The quantitative estimate of drug-likeness (QED) is 0.647. The molecule has 4 rings (SSSR count). The zero-order valence-electron chi connectivity index (χ0n) is 17.2. The second kappa shape index (κ2) is 8.64. The van der Waals surface area contributed by atoms with E-state index in [0.717, 1.165) is 31.7 Å². The first kappa shape index (κ1) is 21.3. The van der Waals surface area contributed by atoms with Crippen LogP contribution < -0.4 is 10.7 Å². The van der Waals surface area contributed by atoms with Crippen molar-refractivity contribution >= 4 is 32.6 Å². The first-order valence-electron chi connectivity index (χ1n) is 10.4. The third-order valence-electron chi connectivity index (χ3n) is 5.62. The number of fused-ring (bicyclic) bond motifs is 1. The molecule has 0 radical (unpaired) electrons. The van der Waals surface area contributed by atoms with Crippen molar-refractivity contribution in [3.8, 4) is 0 Å². The summed E-state index contributed by atoms with van der Waals surface area (Å²) in [5.74, 6) is -0.694. The van der Waals surface area contributed by atoms with Gasteiger partial charge < -0.3 is 9.73 Å². The van der Waals surface area contributed by atoms with Gasteiger partial charge in [-0.3, -0.25) is 9.59 Å². The SMILES string of the molecule is CCC1CCCCN1S(=O)(=O)c1ccc(NC(=O)c2cc(=O)c3ccccc3o2)cc1. The maximum atomic E-state index is 13.1. The molecule has 8 heteroatoms. The molecule has 2 heterocycles. The van der Waals surface area contributed by atoms with Gasteiger partial charge in [-0.15, -0.1) is 0 Å². The van der Waals surface area contributed by atoms with E-state index in [4.69, 9.17) is 4.42 Å². The lowest BCUT2D eigenvalue weighted by Gasteiger charge is -2.34. The van der Waals surface area contributed by atoms with Crippen molar-refractivity contribution in [1.82, 2.24) is 4.31 Å². The van der Waals surface area contributed by atoms with Gasteiger partial charge in [-0.25, -0.2) is 8.42 Å². The third-order valence-corrected chi connectivity index (χ3v) is 7.59. The topological polar surface area (TPSA) is 96.7 Å². The summed E-state index contributed by atoms with van der Waals surface area (Å²) in [6.45, 7) is 2.53. The van der Waals surface area contributed by atoms with Crippen LogP contribution in [0.1, 0.15) is 43.2 Å². The number of carbonyl (C=O) groups excluding carboxylic acids is 1. The fourth-order valence-corrected chi connectivity index (χ4v) is 5.72. The molecular weight excluding hydrogens is 416 g/mol. The van der Waals surface area contributed by atoms with Crippen molar-refractivity contribution in [3.63, 3.8) is 0 Å². The zero-order valence-corrected chi connectivity index (χ0v) is 18.0. The van der Waals surface area contributed by atoms with E-state index in [1.807, 2.05) is 6.92 Å². The van der Waals surface area contributed by atoms with E-state index < -0.39 is 15.9 Å². The van der Waals surface area contributed by atoms with Crippen LogP contribution in [0.2, 0.25) is 0 Å². The molecule has 0 spiro atoms. The smallest absolute Gasteiger partial charge is 0.291 e. The van der Waals surface area contributed by atoms with Crippen LogP contribution in [0.5, 0.6) is 0 Å². The van der Waals surface area contributed by atoms with Gasteiger partial charge in [0.25, 0.3) is 5.91 Å². The summed E-state index contributed by atoms with van der Waals surface area (Å²) in [5, 5.41) is 3.05. The predicted molar refractivity (Wildman–Crippen MR) is 119 cm³/mol. The highest BCUT2D eigenvalue weighted by Gasteiger charge is 2.32. The largest absolute Gasteiger partial charge is 0.451 e. The first-order valence-corrected chi connectivity index (χ1v) is 11.8. The van der Waals surface area contributed by atoms with Crippen molar-refractivity contribution in [2.24, 2.45) is 0 Å². The number of para-hydroxylation sites is 1. The fraction of sp³-hybridized carbons (Fsp3) is 0.304. The predicted octanol–water partition coefficient (Wildman–Crippen LogP) is 4.00. The molecular formula is C23H24N2O5S. The van der Waals surface area contributed by atoms with Gasteiger partial charge >= 0.3 is 0 Å². The van der Waals surface area contributed by atoms with E-state index in [9.17, 15) is 18.0 Å². The number of carbonyl (C=O) groups is 1. The Bertz CT molecular complexity index is 1270. The van der Waals surface area contributed by atoms with Crippen LogP contribution in [0.3, 0.4) is 0 Å². The molecule has 1 atom stereocenters. The van der Waals surface area contributed by atoms with Gasteiger partial charge in [0, 0.05) is 24.3 Å². The number of benzene rings is 2. The van der Waals surface area contributed by atoms with E-state index in [2.05, 4.69) is 5.32 Å². The van der Waals surface area contributed by atoms with E-state index >= 15 is 0 Å². The highest BCUT2D eigenvalue weighted by molar-refractivity contribution is 7.89. The Morgan fingerprint density at radius 2 is 1.87 bits per heavy atom.